The molecule has 0 unspecified atom stereocenters. The summed E-state index contributed by atoms with van der Waals surface area (Å²) < 4.78 is 0. The van der Waals surface area contributed by atoms with Crippen LogP contribution in [0.4, 0.5) is 11.4 Å². The second-order valence-corrected chi connectivity index (χ2v) is 1.99. The van der Waals surface area contributed by atoms with Crippen molar-refractivity contribution in [1.29, 1.82) is 0 Å². The molecule has 6 heteroatoms. The van der Waals surface area contributed by atoms with E-state index in [0.29, 0.717) is 0 Å². The zero-order valence-electron chi connectivity index (χ0n) is 5.97. The van der Waals surface area contributed by atoms with Gasteiger partial charge in [-0.25, -0.2) is 0 Å². The summed E-state index contributed by atoms with van der Waals surface area (Å²) in [5, 5.41) is 12.9. The van der Waals surface area contributed by atoms with Crippen molar-refractivity contribution >= 4 is 11.4 Å². The number of nitrogens with one attached hydrogen (secondary N) is 1. The molecule has 0 bridgehead atoms. The number of para-hydroxylation sites is 2. The summed E-state index contributed by atoms with van der Waals surface area (Å²) in [5.74, 6) is 0. The fourth-order valence-corrected chi connectivity index (χ4v) is 0.781. The van der Waals surface area contributed by atoms with Gasteiger partial charge in [0, 0.05) is 11.8 Å². The van der Waals surface area contributed by atoms with Crippen molar-refractivity contribution in [2.75, 3.05) is 5.43 Å². The number of nitro benzene ring substituents is 1. The second kappa shape index (κ2) is 3.42. The molecule has 0 aromatic heterocycles. The Hall–Kier alpha value is -1.98. The highest BCUT2D eigenvalue weighted by Gasteiger charge is 2.07. The first-order chi connectivity index (χ1) is 5.75. The van der Waals surface area contributed by atoms with Crippen LogP contribution in [0.1, 0.15) is 0 Å². The summed E-state index contributed by atoms with van der Waals surface area (Å²) >= 11 is 0. The molecule has 0 spiro atoms. The Kier molecular flexibility index (Phi) is 2.32. The minimum Gasteiger partial charge on any atom is -0.381 e. The van der Waals surface area contributed by atoms with Gasteiger partial charge in [0.05, 0.1) is 4.92 Å². The molecule has 0 amide bonds. The van der Waals surface area contributed by atoms with Gasteiger partial charge in [-0.3, -0.25) is 15.3 Å². The molecule has 6 nitrogen and oxygen atoms in total. The van der Waals surface area contributed by atoms with Crippen molar-refractivity contribution in [2.24, 2.45) is 5.22 Å². The van der Waals surface area contributed by atoms with Crippen LogP contribution in [0, 0.1) is 10.1 Å². The summed E-state index contributed by atoms with van der Waals surface area (Å²) in [5.41, 5.74) is 10.2. The predicted octanol–water partition coefficient (Wildman–Crippen LogP) is 1.94. The van der Waals surface area contributed by atoms with Crippen LogP contribution in [0.3, 0.4) is 0 Å². The Morgan fingerprint density at radius 1 is 1.50 bits per heavy atom. The number of rotatable bonds is 3. The molecule has 1 N–H and O–H groups in total. The SMILES string of the molecule is [N-]=NNc1ccccc1[N+](=O)[O-]. The second-order valence-electron chi connectivity index (χ2n) is 1.99. The van der Waals surface area contributed by atoms with Crippen LogP contribution in [0.25, 0.3) is 5.53 Å². The van der Waals surface area contributed by atoms with Crippen molar-refractivity contribution in [1.82, 2.24) is 0 Å². The first-order valence-electron chi connectivity index (χ1n) is 3.09. The van der Waals surface area contributed by atoms with Gasteiger partial charge in [0.15, 0.2) is 0 Å². The third-order valence-corrected chi connectivity index (χ3v) is 1.27. The molecule has 0 saturated heterocycles. The number of hydrogen-bond acceptors (Lipinski definition) is 3. The summed E-state index contributed by atoms with van der Waals surface area (Å²) in [6.45, 7) is 0. The summed E-state index contributed by atoms with van der Waals surface area (Å²) in [6, 6.07) is 5.88. The van der Waals surface area contributed by atoms with E-state index in [9.17, 15) is 10.1 Å². The van der Waals surface area contributed by atoms with E-state index in [1.807, 2.05) is 0 Å². The van der Waals surface area contributed by atoms with Crippen molar-refractivity contribution in [3.05, 3.63) is 39.9 Å². The van der Waals surface area contributed by atoms with Crippen molar-refractivity contribution in [2.45, 2.75) is 0 Å². The molecule has 0 atom stereocenters. The molecule has 0 aliphatic carbocycles. The van der Waals surface area contributed by atoms with Gasteiger partial charge >= 0.3 is 0 Å². The molecule has 0 fully saturated rings. The fraction of sp³-hybridized carbons (Fsp3) is 0. The zero-order valence-corrected chi connectivity index (χ0v) is 5.97. The first kappa shape index (κ1) is 8.12. The Bertz CT molecular complexity index is 312. The average molecular weight is 165 g/mol. The van der Waals surface area contributed by atoms with E-state index < -0.39 is 4.92 Å². The summed E-state index contributed by atoms with van der Waals surface area (Å²) in [7, 11) is 0. The van der Waals surface area contributed by atoms with E-state index in [1.165, 1.54) is 18.2 Å². The molecular formula is C6H5N4O2-. The fourth-order valence-electron chi connectivity index (χ4n) is 0.781. The van der Waals surface area contributed by atoms with Crippen LogP contribution in [-0.2, 0) is 0 Å². The largest absolute Gasteiger partial charge is 0.381 e. The molecule has 0 heterocycles. The van der Waals surface area contributed by atoms with E-state index in [-0.39, 0.29) is 11.4 Å². The Balaban J connectivity index is 3.07. The van der Waals surface area contributed by atoms with Gasteiger partial charge in [0.2, 0.25) is 0 Å². The normalized spacial score (nSPS) is 9.00. The summed E-state index contributed by atoms with van der Waals surface area (Å²) in [4.78, 5) is 9.78. The van der Waals surface area contributed by atoms with E-state index in [1.54, 1.807) is 6.07 Å². The van der Waals surface area contributed by atoms with Crippen LogP contribution < -0.4 is 5.43 Å². The maximum atomic E-state index is 10.3. The van der Waals surface area contributed by atoms with Crippen molar-refractivity contribution in [3.63, 3.8) is 0 Å². The third kappa shape index (κ3) is 1.54. The molecule has 1 rings (SSSR count). The van der Waals surface area contributed by atoms with Crippen LogP contribution in [0.2, 0.25) is 0 Å². The molecule has 1 aromatic carbocycles. The third-order valence-electron chi connectivity index (χ3n) is 1.27. The van der Waals surface area contributed by atoms with Gasteiger partial charge in [-0.15, -0.1) is 0 Å². The Morgan fingerprint density at radius 3 is 2.75 bits per heavy atom. The van der Waals surface area contributed by atoms with E-state index in [2.05, 4.69) is 10.6 Å². The molecule has 62 valence electrons. The topological polar surface area (TPSA) is 89.8 Å². The Morgan fingerprint density at radius 2 is 2.17 bits per heavy atom. The van der Waals surface area contributed by atoms with Crippen LogP contribution in [0.5, 0.6) is 0 Å². The van der Waals surface area contributed by atoms with E-state index in [4.69, 9.17) is 5.53 Å². The van der Waals surface area contributed by atoms with Crippen molar-refractivity contribution < 1.29 is 4.92 Å². The quantitative estimate of drug-likeness (QED) is 0.421. The summed E-state index contributed by atoms with van der Waals surface area (Å²) in [6.07, 6.45) is 0. The van der Waals surface area contributed by atoms with Gasteiger partial charge in [0.25, 0.3) is 5.69 Å². The highest BCUT2D eigenvalue weighted by atomic mass is 16.6. The molecule has 0 aliphatic rings. The highest BCUT2D eigenvalue weighted by Crippen LogP contribution is 2.22. The lowest BCUT2D eigenvalue weighted by atomic mass is 10.3. The number of hydrogen-bond donors (Lipinski definition) is 1. The highest BCUT2D eigenvalue weighted by molar-refractivity contribution is 5.60. The molecule has 0 radical (unpaired) electrons. The van der Waals surface area contributed by atoms with Gasteiger partial charge in [-0.2, -0.15) is 0 Å². The van der Waals surface area contributed by atoms with E-state index >= 15 is 0 Å². The molecule has 1 aromatic rings. The minimum atomic E-state index is -0.562. The number of nitrogens with zero attached hydrogens (tertiary/aromatic N) is 3. The minimum absolute atomic E-state index is 0.129. The van der Waals surface area contributed by atoms with Gasteiger partial charge < -0.3 is 11.0 Å². The lowest BCUT2D eigenvalue weighted by Gasteiger charge is -2.04. The van der Waals surface area contributed by atoms with Gasteiger partial charge in [-0.05, 0) is 0 Å². The van der Waals surface area contributed by atoms with Gasteiger partial charge in [0.1, 0.15) is 0 Å². The van der Waals surface area contributed by atoms with Crippen LogP contribution in [0.15, 0.2) is 29.5 Å². The maximum Gasteiger partial charge on any atom is 0.273 e. The van der Waals surface area contributed by atoms with Gasteiger partial charge in [-0.1, -0.05) is 18.2 Å². The van der Waals surface area contributed by atoms with Crippen LogP contribution in [-0.4, -0.2) is 4.92 Å². The lowest BCUT2D eigenvalue weighted by molar-refractivity contribution is -0.384. The molecule has 12 heavy (non-hydrogen) atoms. The molecule has 0 saturated carbocycles. The molecule has 0 aliphatic heterocycles. The smallest absolute Gasteiger partial charge is 0.273 e. The zero-order chi connectivity index (χ0) is 8.97. The number of anilines is 1. The monoisotopic (exact) mass is 165 g/mol. The standard InChI is InChI=1S/C6H5N4O2/c7-9-8-5-3-1-2-4-6(5)10(11)12/h1-4H,(H-,7,8)/q-1. The lowest BCUT2D eigenvalue weighted by Crippen LogP contribution is -1.94. The maximum absolute atomic E-state index is 10.3. The Labute approximate surface area is 67.8 Å². The predicted molar refractivity (Wildman–Crippen MR) is 42.5 cm³/mol. The average Bonchev–Trinajstić information content (AvgIpc) is 2.05. The first-order valence-corrected chi connectivity index (χ1v) is 3.09. The van der Waals surface area contributed by atoms with Crippen molar-refractivity contribution in [3.8, 4) is 0 Å². The number of nitro groups is 1. The van der Waals surface area contributed by atoms with Crippen LogP contribution >= 0.6 is 0 Å². The number of benzene rings is 1. The van der Waals surface area contributed by atoms with E-state index in [0.717, 1.165) is 0 Å². The molecular weight excluding hydrogens is 160 g/mol.